The first kappa shape index (κ1) is 16.6. The third kappa shape index (κ3) is 3.99. The second-order valence-electron chi connectivity index (χ2n) is 5.92. The second-order valence-corrected chi connectivity index (χ2v) is 6.29. The Labute approximate surface area is 147 Å². The molecule has 0 aliphatic heterocycles. The van der Waals surface area contributed by atoms with E-state index in [1.807, 2.05) is 10.7 Å². The van der Waals surface area contributed by atoms with Crippen molar-refractivity contribution in [3.8, 4) is 11.4 Å². The molecule has 0 spiro atoms. The number of nitrogens with zero attached hydrogens (tertiary/aromatic N) is 3. The highest BCUT2D eigenvalue weighted by Gasteiger charge is 2.09. The van der Waals surface area contributed by atoms with Gasteiger partial charge >= 0.3 is 0 Å². The molecule has 1 aromatic heterocycles. The molecule has 5 heteroatoms. The Bertz CT molecular complexity index is 834. The molecule has 0 bridgehead atoms. The molecule has 3 rings (SSSR count). The first-order valence-electron chi connectivity index (χ1n) is 8.16. The molecule has 24 heavy (non-hydrogen) atoms. The molecule has 1 N–H and O–H groups in total. The second kappa shape index (κ2) is 7.55. The van der Waals surface area contributed by atoms with E-state index in [-0.39, 0.29) is 0 Å². The van der Waals surface area contributed by atoms with Crippen LogP contribution in [0.5, 0.6) is 0 Å². The van der Waals surface area contributed by atoms with Crippen LogP contribution in [-0.2, 0) is 13.2 Å². The molecule has 0 radical (unpaired) electrons. The van der Waals surface area contributed by atoms with Crippen LogP contribution in [0.15, 0.2) is 54.6 Å². The van der Waals surface area contributed by atoms with Gasteiger partial charge in [-0.1, -0.05) is 67.1 Å². The van der Waals surface area contributed by atoms with Crippen LogP contribution in [-0.4, -0.2) is 26.2 Å². The Morgan fingerprint density at radius 3 is 2.46 bits per heavy atom. The van der Waals surface area contributed by atoms with Gasteiger partial charge in [-0.05, 0) is 31.2 Å². The standard InChI is InChI=1S/C19H22N4S/c1-3-22(13-16-7-5-4-6-8-16)14-23-19(24)20-18(21-23)17-11-9-15(2)10-12-17/h4-12H,3,13-14H2,1-2H3,(H,20,21,24). The van der Waals surface area contributed by atoms with Crippen molar-refractivity contribution >= 4 is 12.2 Å². The highest BCUT2D eigenvalue weighted by molar-refractivity contribution is 7.71. The predicted octanol–water partition coefficient (Wildman–Crippen LogP) is 4.40. The number of hydrogen-bond acceptors (Lipinski definition) is 3. The van der Waals surface area contributed by atoms with Gasteiger partial charge in [0.2, 0.25) is 4.77 Å². The van der Waals surface area contributed by atoms with E-state index in [1.165, 1.54) is 11.1 Å². The summed E-state index contributed by atoms with van der Waals surface area (Å²) in [5, 5.41) is 3.33. The van der Waals surface area contributed by atoms with E-state index in [4.69, 9.17) is 12.2 Å². The van der Waals surface area contributed by atoms with Gasteiger partial charge in [0.05, 0.1) is 6.67 Å². The van der Waals surface area contributed by atoms with Crippen LogP contribution in [0.25, 0.3) is 11.4 Å². The maximum Gasteiger partial charge on any atom is 0.217 e. The lowest BCUT2D eigenvalue weighted by Crippen LogP contribution is -2.26. The maximum absolute atomic E-state index is 5.42. The molecule has 0 saturated heterocycles. The molecule has 0 atom stereocenters. The number of rotatable bonds is 6. The van der Waals surface area contributed by atoms with E-state index in [9.17, 15) is 0 Å². The summed E-state index contributed by atoms with van der Waals surface area (Å²) in [4.78, 5) is 6.82. The first-order valence-corrected chi connectivity index (χ1v) is 8.56. The Balaban J connectivity index is 1.77. The minimum absolute atomic E-state index is 0.581. The Morgan fingerprint density at radius 2 is 1.79 bits per heavy atom. The van der Waals surface area contributed by atoms with Crippen LogP contribution >= 0.6 is 12.2 Å². The number of hydrogen-bond donors (Lipinski definition) is 1. The number of nitrogens with one attached hydrogen (secondary N) is 1. The van der Waals surface area contributed by atoms with Gasteiger partial charge in [0.25, 0.3) is 0 Å². The van der Waals surface area contributed by atoms with Gasteiger partial charge in [-0.3, -0.25) is 10.00 Å². The number of aryl methyl sites for hydroxylation is 1. The van der Waals surface area contributed by atoms with Crippen molar-refractivity contribution in [2.45, 2.75) is 27.1 Å². The van der Waals surface area contributed by atoms with E-state index in [2.05, 4.69) is 77.4 Å². The minimum atomic E-state index is 0.581. The monoisotopic (exact) mass is 338 g/mol. The van der Waals surface area contributed by atoms with Crippen LogP contribution in [0.4, 0.5) is 0 Å². The zero-order chi connectivity index (χ0) is 16.9. The van der Waals surface area contributed by atoms with Gasteiger partial charge in [-0.15, -0.1) is 0 Å². The molecule has 4 nitrogen and oxygen atoms in total. The van der Waals surface area contributed by atoms with Crippen LogP contribution in [0.3, 0.4) is 0 Å². The summed E-state index contributed by atoms with van der Waals surface area (Å²) < 4.78 is 2.51. The smallest absolute Gasteiger partial charge is 0.217 e. The Morgan fingerprint density at radius 1 is 1.08 bits per heavy atom. The zero-order valence-electron chi connectivity index (χ0n) is 14.1. The quantitative estimate of drug-likeness (QED) is 0.677. The average molecular weight is 338 g/mol. The lowest BCUT2D eigenvalue weighted by Gasteiger charge is -2.20. The van der Waals surface area contributed by atoms with Gasteiger partial charge in [-0.25, -0.2) is 4.68 Å². The summed E-state index contributed by atoms with van der Waals surface area (Å²) in [6.07, 6.45) is 0. The summed E-state index contributed by atoms with van der Waals surface area (Å²) in [5.41, 5.74) is 3.58. The number of aromatic nitrogens is 3. The highest BCUT2D eigenvalue weighted by atomic mass is 32.1. The number of aromatic amines is 1. The fraction of sp³-hybridized carbons (Fsp3) is 0.263. The van der Waals surface area contributed by atoms with Crippen molar-refractivity contribution in [2.75, 3.05) is 6.54 Å². The van der Waals surface area contributed by atoms with Crippen molar-refractivity contribution < 1.29 is 0 Å². The topological polar surface area (TPSA) is 36.9 Å². The molecule has 124 valence electrons. The predicted molar refractivity (Wildman–Crippen MR) is 100 cm³/mol. The SMILES string of the molecule is CCN(Cc1ccccc1)Cn1[nH]c(-c2ccc(C)cc2)nc1=S. The third-order valence-corrected chi connectivity index (χ3v) is 4.35. The molecule has 0 saturated carbocycles. The summed E-state index contributed by atoms with van der Waals surface area (Å²) in [5.74, 6) is 0.816. The van der Waals surface area contributed by atoms with Gasteiger partial charge < -0.3 is 0 Å². The van der Waals surface area contributed by atoms with Crippen molar-refractivity contribution in [1.82, 2.24) is 19.7 Å². The molecule has 0 aliphatic carbocycles. The fourth-order valence-electron chi connectivity index (χ4n) is 2.60. The molecule has 1 heterocycles. The third-order valence-electron chi connectivity index (χ3n) is 4.04. The van der Waals surface area contributed by atoms with Crippen LogP contribution in [0.1, 0.15) is 18.1 Å². The molecule has 2 aromatic carbocycles. The Kier molecular flexibility index (Phi) is 5.23. The van der Waals surface area contributed by atoms with Crippen molar-refractivity contribution in [3.05, 3.63) is 70.5 Å². The van der Waals surface area contributed by atoms with E-state index < -0.39 is 0 Å². The van der Waals surface area contributed by atoms with Crippen molar-refractivity contribution in [2.24, 2.45) is 0 Å². The molecule has 0 fully saturated rings. The average Bonchev–Trinajstić information content (AvgIpc) is 2.96. The summed E-state index contributed by atoms with van der Waals surface area (Å²) in [7, 11) is 0. The van der Waals surface area contributed by atoms with Crippen LogP contribution < -0.4 is 0 Å². The molecule has 3 aromatic rings. The van der Waals surface area contributed by atoms with Gasteiger partial charge in [0.1, 0.15) is 0 Å². The van der Waals surface area contributed by atoms with Crippen LogP contribution in [0.2, 0.25) is 0 Å². The zero-order valence-corrected chi connectivity index (χ0v) is 14.9. The first-order chi connectivity index (χ1) is 11.7. The number of H-pyrrole nitrogens is 1. The molecule has 0 amide bonds. The summed E-state index contributed by atoms with van der Waals surface area (Å²) in [6, 6.07) is 18.8. The van der Waals surface area contributed by atoms with Crippen molar-refractivity contribution in [1.29, 1.82) is 0 Å². The van der Waals surface area contributed by atoms with Gasteiger partial charge in [-0.2, -0.15) is 4.98 Å². The minimum Gasteiger partial charge on any atom is -0.280 e. The van der Waals surface area contributed by atoms with Crippen molar-refractivity contribution in [3.63, 3.8) is 0 Å². The van der Waals surface area contributed by atoms with Gasteiger partial charge in [0.15, 0.2) is 5.82 Å². The molecule has 0 aliphatic rings. The summed E-state index contributed by atoms with van der Waals surface area (Å²) in [6.45, 7) is 6.76. The summed E-state index contributed by atoms with van der Waals surface area (Å²) >= 11 is 5.42. The number of benzene rings is 2. The maximum atomic E-state index is 5.42. The molecule has 0 unspecified atom stereocenters. The van der Waals surface area contributed by atoms with E-state index >= 15 is 0 Å². The normalized spacial score (nSPS) is 11.1. The molecular weight excluding hydrogens is 316 g/mol. The fourth-order valence-corrected chi connectivity index (χ4v) is 2.79. The van der Waals surface area contributed by atoms with E-state index in [1.54, 1.807) is 0 Å². The van der Waals surface area contributed by atoms with E-state index in [0.717, 1.165) is 24.5 Å². The van der Waals surface area contributed by atoms with Gasteiger partial charge in [0, 0.05) is 12.1 Å². The Hall–Kier alpha value is -2.24. The largest absolute Gasteiger partial charge is 0.280 e. The van der Waals surface area contributed by atoms with Crippen LogP contribution in [0, 0.1) is 11.7 Å². The highest BCUT2D eigenvalue weighted by Crippen LogP contribution is 2.16. The van der Waals surface area contributed by atoms with E-state index in [0.29, 0.717) is 11.4 Å². The molecular formula is C19H22N4S. The lowest BCUT2D eigenvalue weighted by atomic mass is 10.1. The lowest BCUT2D eigenvalue weighted by molar-refractivity contribution is 0.208.